The lowest BCUT2D eigenvalue weighted by Crippen LogP contribution is -2.29. The molecular formula is C17H18F3N3O2S. The summed E-state index contributed by atoms with van der Waals surface area (Å²) in [5, 5.41) is 3.11. The van der Waals surface area contributed by atoms with Crippen molar-refractivity contribution in [1.29, 1.82) is 0 Å². The summed E-state index contributed by atoms with van der Waals surface area (Å²) in [6.07, 6.45) is -4.11. The van der Waals surface area contributed by atoms with E-state index in [0.29, 0.717) is 18.2 Å². The molecule has 0 aliphatic carbocycles. The Morgan fingerprint density at radius 3 is 2.73 bits per heavy atom. The second kappa shape index (κ2) is 7.63. The normalized spacial score (nSPS) is 14.8. The van der Waals surface area contributed by atoms with Gasteiger partial charge in [0.1, 0.15) is 0 Å². The summed E-state index contributed by atoms with van der Waals surface area (Å²) in [4.78, 5) is 19.1. The van der Waals surface area contributed by atoms with Gasteiger partial charge in [0.2, 0.25) is 0 Å². The lowest BCUT2D eigenvalue weighted by atomic mass is 10.1. The van der Waals surface area contributed by atoms with Crippen LogP contribution in [0.15, 0.2) is 24.3 Å². The van der Waals surface area contributed by atoms with Gasteiger partial charge < -0.3 is 4.74 Å². The maximum Gasteiger partial charge on any atom is 0.416 e. The Hall–Kier alpha value is -2.13. The van der Waals surface area contributed by atoms with Crippen LogP contribution in [-0.4, -0.2) is 29.1 Å². The van der Waals surface area contributed by atoms with E-state index in [9.17, 15) is 18.0 Å². The van der Waals surface area contributed by atoms with Gasteiger partial charge in [-0.2, -0.15) is 13.2 Å². The summed E-state index contributed by atoms with van der Waals surface area (Å²) < 4.78 is 42.7. The summed E-state index contributed by atoms with van der Waals surface area (Å²) in [5.41, 5.74) is 1.14. The van der Waals surface area contributed by atoms with Crippen LogP contribution in [0, 0.1) is 0 Å². The Kier molecular flexibility index (Phi) is 5.47. The first-order chi connectivity index (χ1) is 12.3. The van der Waals surface area contributed by atoms with E-state index in [2.05, 4.69) is 15.2 Å². The second-order valence-corrected chi connectivity index (χ2v) is 6.97. The number of thiazole rings is 1. The minimum atomic E-state index is -4.32. The number of ether oxygens (including phenoxy) is 1. The highest BCUT2D eigenvalue weighted by atomic mass is 32.1. The highest BCUT2D eigenvalue weighted by molar-refractivity contribution is 7.15. The van der Waals surface area contributed by atoms with Crippen LogP contribution in [0.4, 0.5) is 23.1 Å². The maximum atomic E-state index is 12.6. The van der Waals surface area contributed by atoms with Crippen molar-refractivity contribution >= 4 is 22.6 Å². The minimum Gasteiger partial charge on any atom is -0.450 e. The van der Waals surface area contributed by atoms with Gasteiger partial charge in [0.25, 0.3) is 0 Å². The number of amides is 1. The fourth-order valence-corrected chi connectivity index (χ4v) is 3.78. The van der Waals surface area contributed by atoms with Crippen molar-refractivity contribution in [3.63, 3.8) is 0 Å². The highest BCUT2D eigenvalue weighted by Crippen LogP contribution is 2.31. The van der Waals surface area contributed by atoms with Gasteiger partial charge in [-0.3, -0.25) is 10.2 Å². The number of hydrogen-bond donors (Lipinski definition) is 1. The van der Waals surface area contributed by atoms with E-state index in [1.165, 1.54) is 23.5 Å². The molecule has 26 heavy (non-hydrogen) atoms. The third-order valence-corrected chi connectivity index (χ3v) is 4.98. The van der Waals surface area contributed by atoms with Crippen LogP contribution in [0.2, 0.25) is 0 Å². The Balaban J connectivity index is 1.61. The van der Waals surface area contributed by atoms with Crippen LogP contribution >= 0.6 is 11.3 Å². The smallest absolute Gasteiger partial charge is 0.416 e. The number of fused-ring (bicyclic) bond motifs is 1. The van der Waals surface area contributed by atoms with Crippen molar-refractivity contribution in [3.8, 4) is 0 Å². The topological polar surface area (TPSA) is 54.5 Å². The molecule has 140 valence electrons. The number of benzene rings is 1. The first kappa shape index (κ1) is 18.7. The molecule has 1 aliphatic rings. The van der Waals surface area contributed by atoms with E-state index < -0.39 is 17.8 Å². The fourth-order valence-electron chi connectivity index (χ4n) is 2.75. The van der Waals surface area contributed by atoms with Gasteiger partial charge in [-0.25, -0.2) is 9.78 Å². The van der Waals surface area contributed by atoms with Crippen LogP contribution in [0.3, 0.4) is 0 Å². The Labute approximate surface area is 152 Å². The van der Waals surface area contributed by atoms with Crippen molar-refractivity contribution in [2.75, 3.05) is 18.5 Å². The first-order valence-corrected chi connectivity index (χ1v) is 8.97. The second-order valence-electron chi connectivity index (χ2n) is 5.89. The van der Waals surface area contributed by atoms with Crippen LogP contribution < -0.4 is 5.32 Å². The van der Waals surface area contributed by atoms with Crippen molar-refractivity contribution in [1.82, 2.24) is 9.88 Å². The fraction of sp³-hybridized carbons (Fsp3) is 0.412. The Morgan fingerprint density at radius 1 is 1.35 bits per heavy atom. The zero-order valence-electron chi connectivity index (χ0n) is 14.1. The molecule has 3 rings (SSSR count). The van der Waals surface area contributed by atoms with Crippen LogP contribution in [0.5, 0.6) is 0 Å². The van der Waals surface area contributed by atoms with Crippen LogP contribution in [0.1, 0.15) is 28.6 Å². The lowest BCUT2D eigenvalue weighted by Gasteiger charge is -2.25. The SMILES string of the molecule is CCOC(=O)Nc1nc2c(s1)CN(Cc1ccc(C(F)(F)F)cc1)CC2. The zero-order valence-corrected chi connectivity index (χ0v) is 14.9. The average molecular weight is 385 g/mol. The number of rotatable bonds is 4. The van der Waals surface area contributed by atoms with E-state index in [1.54, 1.807) is 6.92 Å². The molecule has 0 spiro atoms. The largest absolute Gasteiger partial charge is 0.450 e. The number of halogens is 3. The molecule has 2 aromatic rings. The number of anilines is 1. The number of nitrogens with zero attached hydrogens (tertiary/aromatic N) is 2. The zero-order chi connectivity index (χ0) is 18.7. The Bertz CT molecular complexity index is 775. The molecule has 2 heterocycles. The molecule has 0 unspecified atom stereocenters. The van der Waals surface area contributed by atoms with E-state index in [1.807, 2.05) is 0 Å². The molecule has 1 aromatic carbocycles. The molecule has 0 fully saturated rings. The predicted molar refractivity (Wildman–Crippen MR) is 92.0 cm³/mol. The van der Waals surface area contributed by atoms with Crippen molar-refractivity contribution < 1.29 is 22.7 Å². The third kappa shape index (κ3) is 4.53. The Morgan fingerprint density at radius 2 is 2.08 bits per heavy atom. The molecule has 1 amide bonds. The maximum absolute atomic E-state index is 12.6. The van der Waals surface area contributed by atoms with Gasteiger partial charge in [0.15, 0.2) is 5.13 Å². The molecule has 0 saturated carbocycles. The number of aromatic nitrogens is 1. The van der Waals surface area contributed by atoms with Gasteiger partial charge >= 0.3 is 12.3 Å². The van der Waals surface area contributed by atoms with Gasteiger partial charge in [0, 0.05) is 30.9 Å². The van der Waals surface area contributed by atoms with Crippen LogP contribution in [-0.2, 0) is 30.4 Å². The number of carbonyl (C=O) groups is 1. The van der Waals surface area contributed by atoms with E-state index in [-0.39, 0.29) is 6.61 Å². The molecule has 0 atom stereocenters. The van der Waals surface area contributed by atoms with E-state index in [4.69, 9.17) is 4.74 Å². The molecule has 0 saturated heterocycles. The van der Waals surface area contributed by atoms with Gasteiger partial charge in [0.05, 0.1) is 17.9 Å². The number of hydrogen-bond acceptors (Lipinski definition) is 5. The van der Waals surface area contributed by atoms with E-state index in [0.717, 1.165) is 41.2 Å². The van der Waals surface area contributed by atoms with Gasteiger partial charge in [-0.05, 0) is 24.6 Å². The molecule has 9 heteroatoms. The standard InChI is InChI=1S/C17H18F3N3O2S/c1-2-25-16(24)22-15-21-13-7-8-23(10-14(13)26-15)9-11-3-5-12(6-4-11)17(18,19)20/h3-6H,2,7-10H2,1H3,(H,21,22,24). The van der Waals surface area contributed by atoms with Crippen molar-refractivity contribution in [2.45, 2.75) is 32.6 Å². The lowest BCUT2D eigenvalue weighted by molar-refractivity contribution is -0.137. The average Bonchev–Trinajstić information content (AvgIpc) is 2.96. The summed E-state index contributed by atoms with van der Waals surface area (Å²) in [6.45, 7) is 3.99. The summed E-state index contributed by atoms with van der Waals surface area (Å²) in [6, 6.07) is 5.25. The van der Waals surface area contributed by atoms with E-state index >= 15 is 0 Å². The summed E-state index contributed by atoms with van der Waals surface area (Å²) >= 11 is 1.40. The van der Waals surface area contributed by atoms with Crippen LogP contribution in [0.25, 0.3) is 0 Å². The number of alkyl halides is 3. The molecule has 0 radical (unpaired) electrons. The number of nitrogens with one attached hydrogen (secondary N) is 1. The molecule has 0 bridgehead atoms. The highest BCUT2D eigenvalue weighted by Gasteiger charge is 2.30. The first-order valence-electron chi connectivity index (χ1n) is 8.16. The molecule has 1 aliphatic heterocycles. The van der Waals surface area contributed by atoms with Gasteiger partial charge in [-0.1, -0.05) is 23.5 Å². The molecule has 5 nitrogen and oxygen atoms in total. The monoisotopic (exact) mass is 385 g/mol. The molecule has 1 N–H and O–H groups in total. The number of carbonyl (C=O) groups excluding carboxylic acids is 1. The molecule has 1 aromatic heterocycles. The predicted octanol–water partition coefficient (Wildman–Crippen LogP) is 4.29. The minimum absolute atomic E-state index is 0.290. The van der Waals surface area contributed by atoms with Crippen molar-refractivity contribution in [2.24, 2.45) is 0 Å². The third-order valence-electron chi connectivity index (χ3n) is 3.98. The van der Waals surface area contributed by atoms with Crippen molar-refractivity contribution in [3.05, 3.63) is 46.0 Å². The summed E-state index contributed by atoms with van der Waals surface area (Å²) in [5.74, 6) is 0. The molecular weight excluding hydrogens is 367 g/mol. The quantitative estimate of drug-likeness (QED) is 0.853. The van der Waals surface area contributed by atoms with Gasteiger partial charge in [-0.15, -0.1) is 0 Å². The summed E-state index contributed by atoms with van der Waals surface area (Å²) in [7, 11) is 0.